The maximum absolute atomic E-state index is 12.3. The molecule has 1 rings (SSSR count). The molecule has 1 amide bonds. The molecule has 0 spiro atoms. The zero-order valence-electron chi connectivity index (χ0n) is 10.8. The first-order valence-electron chi connectivity index (χ1n) is 6.44. The molecule has 0 aromatic heterocycles. The monoisotopic (exact) mass is 264 g/mol. The Morgan fingerprint density at radius 3 is 2.67 bits per heavy atom. The highest BCUT2D eigenvalue weighted by Crippen LogP contribution is 2.33. The van der Waals surface area contributed by atoms with Gasteiger partial charge in [0, 0.05) is 26.1 Å². The van der Waals surface area contributed by atoms with E-state index < -0.39 is 13.0 Å². The first kappa shape index (κ1) is 15.3. The third-order valence-electron chi connectivity index (χ3n) is 3.17. The minimum Gasteiger partial charge on any atom is -0.378 e. The molecule has 0 aromatic carbocycles. The zero-order valence-corrected chi connectivity index (χ0v) is 10.8. The molecule has 0 aromatic rings. The van der Waals surface area contributed by atoms with Gasteiger partial charge >= 0.3 is 0 Å². The van der Waals surface area contributed by atoms with Crippen LogP contribution in [0.4, 0.5) is 8.78 Å². The molecule has 0 aliphatic heterocycles. The number of amides is 1. The van der Waals surface area contributed by atoms with Crippen LogP contribution in [0.5, 0.6) is 0 Å². The van der Waals surface area contributed by atoms with Crippen molar-refractivity contribution in [3.8, 4) is 0 Å². The Labute approximate surface area is 106 Å². The SMILES string of the molecule is CCOC1CC(CC(=O)N(CCN)CC(F)F)C1. The smallest absolute Gasteiger partial charge is 0.255 e. The van der Waals surface area contributed by atoms with Crippen molar-refractivity contribution >= 4 is 5.91 Å². The van der Waals surface area contributed by atoms with Gasteiger partial charge in [0.25, 0.3) is 6.43 Å². The van der Waals surface area contributed by atoms with E-state index in [-0.39, 0.29) is 31.0 Å². The maximum atomic E-state index is 12.3. The summed E-state index contributed by atoms with van der Waals surface area (Å²) in [6.45, 7) is 2.51. The van der Waals surface area contributed by atoms with Crippen molar-refractivity contribution in [1.29, 1.82) is 0 Å². The van der Waals surface area contributed by atoms with Crippen LogP contribution >= 0.6 is 0 Å². The fourth-order valence-corrected chi connectivity index (χ4v) is 2.23. The zero-order chi connectivity index (χ0) is 13.5. The van der Waals surface area contributed by atoms with Gasteiger partial charge in [-0.05, 0) is 25.7 Å². The summed E-state index contributed by atoms with van der Waals surface area (Å²) in [5.41, 5.74) is 5.32. The summed E-state index contributed by atoms with van der Waals surface area (Å²) in [4.78, 5) is 13.0. The maximum Gasteiger partial charge on any atom is 0.255 e. The molecular formula is C12H22F2N2O2. The number of ether oxygens (including phenoxy) is 1. The summed E-state index contributed by atoms with van der Waals surface area (Å²) >= 11 is 0. The Kier molecular flexibility index (Phi) is 6.49. The number of nitrogens with two attached hydrogens (primary N) is 1. The van der Waals surface area contributed by atoms with E-state index in [0.717, 1.165) is 12.8 Å². The molecule has 4 nitrogen and oxygen atoms in total. The minimum atomic E-state index is -2.50. The third-order valence-corrected chi connectivity index (χ3v) is 3.17. The van der Waals surface area contributed by atoms with Crippen molar-refractivity contribution in [3.63, 3.8) is 0 Å². The van der Waals surface area contributed by atoms with E-state index in [2.05, 4.69) is 0 Å². The van der Waals surface area contributed by atoms with Crippen LogP contribution in [-0.2, 0) is 9.53 Å². The molecule has 18 heavy (non-hydrogen) atoms. The summed E-state index contributed by atoms with van der Waals surface area (Å²) in [5.74, 6) is 0.0488. The Morgan fingerprint density at radius 2 is 2.17 bits per heavy atom. The molecule has 0 bridgehead atoms. The van der Waals surface area contributed by atoms with E-state index in [1.807, 2.05) is 6.92 Å². The molecule has 0 saturated heterocycles. The van der Waals surface area contributed by atoms with Crippen LogP contribution in [0.1, 0.15) is 26.2 Å². The van der Waals surface area contributed by atoms with Crippen LogP contribution in [0.3, 0.4) is 0 Å². The molecule has 1 aliphatic carbocycles. The Balaban J connectivity index is 2.29. The number of hydrogen-bond acceptors (Lipinski definition) is 3. The number of hydrogen-bond donors (Lipinski definition) is 1. The first-order valence-corrected chi connectivity index (χ1v) is 6.44. The molecule has 6 heteroatoms. The summed E-state index contributed by atoms with van der Waals surface area (Å²) in [5, 5.41) is 0. The second kappa shape index (κ2) is 7.63. The molecule has 0 radical (unpaired) electrons. The van der Waals surface area contributed by atoms with E-state index in [1.165, 1.54) is 4.90 Å². The van der Waals surface area contributed by atoms with Crippen LogP contribution < -0.4 is 5.73 Å². The number of nitrogens with zero attached hydrogens (tertiary/aromatic N) is 1. The lowest BCUT2D eigenvalue weighted by Crippen LogP contribution is -2.41. The van der Waals surface area contributed by atoms with Gasteiger partial charge in [-0.25, -0.2) is 8.78 Å². The van der Waals surface area contributed by atoms with Crippen molar-refractivity contribution in [1.82, 2.24) is 4.90 Å². The van der Waals surface area contributed by atoms with E-state index in [4.69, 9.17) is 10.5 Å². The molecule has 0 heterocycles. The van der Waals surface area contributed by atoms with E-state index in [0.29, 0.717) is 13.0 Å². The molecular weight excluding hydrogens is 242 g/mol. The minimum absolute atomic E-state index is 0.199. The molecule has 106 valence electrons. The number of carbonyl (C=O) groups is 1. The summed E-state index contributed by atoms with van der Waals surface area (Å²) in [6.07, 6.45) is -0.227. The standard InChI is InChI=1S/C12H22F2N2O2/c1-2-18-10-5-9(6-10)7-12(17)16(4-3-15)8-11(13)14/h9-11H,2-8,15H2,1H3. The number of carbonyl (C=O) groups excluding carboxylic acids is 1. The Bertz CT molecular complexity index is 258. The molecule has 1 saturated carbocycles. The molecule has 0 unspecified atom stereocenters. The average Bonchev–Trinajstić information content (AvgIpc) is 2.25. The van der Waals surface area contributed by atoms with Crippen LogP contribution in [0, 0.1) is 5.92 Å². The third kappa shape index (κ3) is 4.86. The van der Waals surface area contributed by atoms with Gasteiger partial charge in [-0.1, -0.05) is 0 Å². The fraction of sp³-hybridized carbons (Fsp3) is 0.917. The van der Waals surface area contributed by atoms with Gasteiger partial charge in [0.15, 0.2) is 0 Å². The highest BCUT2D eigenvalue weighted by molar-refractivity contribution is 5.76. The van der Waals surface area contributed by atoms with E-state index >= 15 is 0 Å². The number of rotatable bonds is 8. The highest BCUT2D eigenvalue weighted by atomic mass is 19.3. The predicted octanol–water partition coefficient (Wildman–Crippen LogP) is 1.24. The van der Waals surface area contributed by atoms with Crippen molar-refractivity contribution in [2.45, 2.75) is 38.7 Å². The predicted molar refractivity (Wildman–Crippen MR) is 64.4 cm³/mol. The summed E-state index contributed by atoms with van der Waals surface area (Å²) in [6, 6.07) is 0. The molecule has 2 N–H and O–H groups in total. The second-order valence-corrected chi connectivity index (χ2v) is 4.64. The summed E-state index contributed by atoms with van der Waals surface area (Å²) < 4.78 is 30.0. The van der Waals surface area contributed by atoms with E-state index in [1.54, 1.807) is 0 Å². The van der Waals surface area contributed by atoms with Crippen LogP contribution in [0.15, 0.2) is 0 Å². The van der Waals surface area contributed by atoms with Crippen molar-refractivity contribution in [2.24, 2.45) is 11.7 Å². The van der Waals surface area contributed by atoms with Crippen LogP contribution in [-0.4, -0.2) is 49.6 Å². The lowest BCUT2D eigenvalue weighted by Gasteiger charge is -2.35. The quantitative estimate of drug-likeness (QED) is 0.717. The van der Waals surface area contributed by atoms with Gasteiger partial charge in [0.2, 0.25) is 5.91 Å². The Morgan fingerprint density at radius 1 is 1.50 bits per heavy atom. The van der Waals surface area contributed by atoms with Crippen LogP contribution in [0.25, 0.3) is 0 Å². The normalized spacial score (nSPS) is 22.9. The van der Waals surface area contributed by atoms with Gasteiger partial charge in [0.1, 0.15) is 0 Å². The largest absolute Gasteiger partial charge is 0.378 e. The Hall–Kier alpha value is -0.750. The van der Waals surface area contributed by atoms with Gasteiger partial charge < -0.3 is 15.4 Å². The second-order valence-electron chi connectivity index (χ2n) is 4.64. The van der Waals surface area contributed by atoms with Crippen molar-refractivity contribution in [3.05, 3.63) is 0 Å². The molecule has 0 atom stereocenters. The topological polar surface area (TPSA) is 55.6 Å². The number of halogens is 2. The van der Waals surface area contributed by atoms with Gasteiger partial charge in [0.05, 0.1) is 12.6 Å². The van der Waals surface area contributed by atoms with Gasteiger partial charge in [-0.3, -0.25) is 4.79 Å². The number of alkyl halides is 2. The fourth-order valence-electron chi connectivity index (χ4n) is 2.23. The van der Waals surface area contributed by atoms with E-state index in [9.17, 15) is 13.6 Å². The molecule has 1 aliphatic rings. The first-order chi connectivity index (χ1) is 8.56. The molecule has 1 fully saturated rings. The van der Waals surface area contributed by atoms with Crippen molar-refractivity contribution < 1.29 is 18.3 Å². The lowest BCUT2D eigenvalue weighted by molar-refractivity contribution is -0.136. The lowest BCUT2D eigenvalue weighted by atomic mass is 9.79. The van der Waals surface area contributed by atoms with Gasteiger partial charge in [-0.15, -0.1) is 0 Å². The van der Waals surface area contributed by atoms with Crippen molar-refractivity contribution in [2.75, 3.05) is 26.2 Å². The highest BCUT2D eigenvalue weighted by Gasteiger charge is 2.32. The van der Waals surface area contributed by atoms with Gasteiger partial charge in [-0.2, -0.15) is 0 Å². The van der Waals surface area contributed by atoms with Crippen LogP contribution in [0.2, 0.25) is 0 Å². The summed E-state index contributed by atoms with van der Waals surface area (Å²) in [7, 11) is 0. The average molecular weight is 264 g/mol.